The highest BCUT2D eigenvalue weighted by Gasteiger charge is 2.46. The molecule has 1 N–H and O–H groups in total. The first kappa shape index (κ1) is 14.1. The van der Waals surface area contributed by atoms with Crippen LogP contribution in [0.2, 0.25) is 0 Å². The molecule has 4 heteroatoms. The number of amides is 1. The van der Waals surface area contributed by atoms with E-state index in [9.17, 15) is 14.7 Å². The number of hydrogen-bond donors (Lipinski definition) is 1. The Labute approximate surface area is 124 Å². The summed E-state index contributed by atoms with van der Waals surface area (Å²) in [6.07, 6.45) is 2.22. The molecular formula is C17H21NO3. The molecule has 3 rings (SSSR count). The van der Waals surface area contributed by atoms with Gasteiger partial charge in [-0.3, -0.25) is 9.59 Å². The van der Waals surface area contributed by atoms with E-state index in [0.717, 1.165) is 24.0 Å². The minimum absolute atomic E-state index is 0.0347. The van der Waals surface area contributed by atoms with Gasteiger partial charge in [-0.2, -0.15) is 0 Å². The quantitative estimate of drug-likeness (QED) is 0.929. The van der Waals surface area contributed by atoms with E-state index in [4.69, 9.17) is 0 Å². The summed E-state index contributed by atoms with van der Waals surface area (Å²) in [6, 6.07) is 5.69. The standard InChI is InChI=1S/C17H21NO3/c1-10-3-4-13(7-11(10)2)16(19)18-8-14(12-5-6-12)15(9-18)17(20)21/h3-4,7,12,14-15H,5-6,8-9H2,1-2H3,(H,20,21)/t14-,15+/m1/s1. The van der Waals surface area contributed by atoms with Crippen LogP contribution in [0.15, 0.2) is 18.2 Å². The molecule has 1 aliphatic heterocycles. The third-order valence-corrected chi connectivity index (χ3v) is 4.95. The van der Waals surface area contributed by atoms with E-state index in [0.29, 0.717) is 24.6 Å². The zero-order chi connectivity index (χ0) is 15.1. The second kappa shape index (κ2) is 5.17. The Morgan fingerprint density at radius 1 is 1.14 bits per heavy atom. The number of likely N-dealkylation sites (tertiary alicyclic amines) is 1. The molecule has 1 amide bonds. The second-order valence-corrected chi connectivity index (χ2v) is 6.46. The summed E-state index contributed by atoms with van der Waals surface area (Å²) in [5.74, 6) is -0.551. The van der Waals surface area contributed by atoms with Gasteiger partial charge in [0.05, 0.1) is 5.92 Å². The van der Waals surface area contributed by atoms with Crippen molar-refractivity contribution in [1.29, 1.82) is 0 Å². The molecular weight excluding hydrogens is 266 g/mol. The van der Waals surface area contributed by atoms with Gasteiger partial charge in [-0.1, -0.05) is 6.07 Å². The van der Waals surface area contributed by atoms with Crippen molar-refractivity contribution < 1.29 is 14.7 Å². The van der Waals surface area contributed by atoms with Crippen molar-refractivity contribution in [2.45, 2.75) is 26.7 Å². The predicted octanol–water partition coefficient (Wildman–Crippen LogP) is 2.49. The lowest BCUT2D eigenvalue weighted by atomic mass is 9.92. The summed E-state index contributed by atoms with van der Waals surface area (Å²) in [6.45, 7) is 4.95. The molecule has 0 unspecified atom stereocenters. The Kier molecular flexibility index (Phi) is 3.47. The van der Waals surface area contributed by atoms with Gasteiger partial charge in [-0.25, -0.2) is 0 Å². The maximum Gasteiger partial charge on any atom is 0.308 e. The van der Waals surface area contributed by atoms with Gasteiger partial charge in [0, 0.05) is 18.7 Å². The number of rotatable bonds is 3. The van der Waals surface area contributed by atoms with E-state index < -0.39 is 11.9 Å². The summed E-state index contributed by atoms with van der Waals surface area (Å²) in [5, 5.41) is 9.37. The van der Waals surface area contributed by atoms with E-state index in [-0.39, 0.29) is 11.8 Å². The summed E-state index contributed by atoms with van der Waals surface area (Å²) in [4.78, 5) is 25.7. The molecule has 21 heavy (non-hydrogen) atoms. The number of benzene rings is 1. The van der Waals surface area contributed by atoms with Crippen LogP contribution in [0.5, 0.6) is 0 Å². The monoisotopic (exact) mass is 287 g/mol. The lowest BCUT2D eigenvalue weighted by molar-refractivity contribution is -0.142. The van der Waals surface area contributed by atoms with Crippen molar-refractivity contribution in [2.75, 3.05) is 13.1 Å². The number of carboxylic acid groups (broad SMARTS) is 1. The van der Waals surface area contributed by atoms with Crippen LogP contribution >= 0.6 is 0 Å². The summed E-state index contributed by atoms with van der Waals surface area (Å²) in [7, 11) is 0. The van der Waals surface area contributed by atoms with Crippen LogP contribution < -0.4 is 0 Å². The fourth-order valence-corrected chi connectivity index (χ4v) is 3.32. The van der Waals surface area contributed by atoms with Crippen molar-refractivity contribution >= 4 is 11.9 Å². The smallest absolute Gasteiger partial charge is 0.308 e. The number of carboxylic acids is 1. The highest BCUT2D eigenvalue weighted by atomic mass is 16.4. The van der Waals surface area contributed by atoms with Gasteiger partial charge in [0.25, 0.3) is 5.91 Å². The van der Waals surface area contributed by atoms with Crippen molar-refractivity contribution in [3.63, 3.8) is 0 Å². The lowest BCUT2D eigenvalue weighted by Crippen LogP contribution is -2.30. The van der Waals surface area contributed by atoms with Crippen LogP contribution in [0, 0.1) is 31.6 Å². The first-order chi connectivity index (χ1) is 9.97. The number of hydrogen-bond acceptors (Lipinski definition) is 2. The molecule has 0 bridgehead atoms. The summed E-state index contributed by atoms with van der Waals surface area (Å²) >= 11 is 0. The molecule has 1 aliphatic carbocycles. The topological polar surface area (TPSA) is 57.6 Å². The maximum absolute atomic E-state index is 12.6. The first-order valence-corrected chi connectivity index (χ1v) is 7.56. The predicted molar refractivity (Wildman–Crippen MR) is 79.2 cm³/mol. The third-order valence-electron chi connectivity index (χ3n) is 4.95. The molecule has 2 aliphatic rings. The Balaban J connectivity index is 1.78. The van der Waals surface area contributed by atoms with E-state index in [1.165, 1.54) is 0 Å². The summed E-state index contributed by atoms with van der Waals surface area (Å²) in [5.41, 5.74) is 2.92. The molecule has 2 fully saturated rings. The number of nitrogens with zero attached hydrogens (tertiary/aromatic N) is 1. The molecule has 1 aromatic carbocycles. The van der Waals surface area contributed by atoms with E-state index in [1.807, 2.05) is 32.0 Å². The van der Waals surface area contributed by atoms with Crippen molar-refractivity contribution in [3.8, 4) is 0 Å². The number of aliphatic carboxylic acids is 1. The Morgan fingerprint density at radius 3 is 2.43 bits per heavy atom. The highest BCUT2D eigenvalue weighted by molar-refractivity contribution is 5.95. The number of aryl methyl sites for hydroxylation is 2. The first-order valence-electron chi connectivity index (χ1n) is 7.56. The maximum atomic E-state index is 12.6. The van der Waals surface area contributed by atoms with Gasteiger partial charge in [0.2, 0.25) is 0 Å². The third kappa shape index (κ3) is 2.67. The van der Waals surface area contributed by atoms with Crippen LogP contribution in [0.4, 0.5) is 0 Å². The Hall–Kier alpha value is -1.84. The Morgan fingerprint density at radius 2 is 1.86 bits per heavy atom. The second-order valence-electron chi connectivity index (χ2n) is 6.46. The minimum atomic E-state index is -0.762. The molecule has 1 saturated carbocycles. The van der Waals surface area contributed by atoms with Crippen LogP contribution in [0.1, 0.15) is 34.3 Å². The largest absolute Gasteiger partial charge is 0.481 e. The van der Waals surface area contributed by atoms with Gasteiger partial charge in [-0.05, 0) is 61.8 Å². The molecule has 1 heterocycles. The van der Waals surface area contributed by atoms with Crippen LogP contribution in [0.25, 0.3) is 0 Å². The fraction of sp³-hybridized carbons (Fsp3) is 0.529. The molecule has 112 valence electrons. The van der Waals surface area contributed by atoms with Gasteiger partial charge >= 0.3 is 5.97 Å². The van der Waals surface area contributed by atoms with Gasteiger partial charge < -0.3 is 10.0 Å². The molecule has 1 aromatic rings. The average molecular weight is 287 g/mol. The summed E-state index contributed by atoms with van der Waals surface area (Å²) < 4.78 is 0. The average Bonchev–Trinajstić information content (AvgIpc) is 3.19. The van der Waals surface area contributed by atoms with Crippen molar-refractivity contribution in [1.82, 2.24) is 4.90 Å². The van der Waals surface area contributed by atoms with Gasteiger partial charge in [-0.15, -0.1) is 0 Å². The molecule has 0 aromatic heterocycles. The zero-order valence-electron chi connectivity index (χ0n) is 12.5. The Bertz CT molecular complexity index is 592. The highest BCUT2D eigenvalue weighted by Crippen LogP contribution is 2.44. The minimum Gasteiger partial charge on any atom is -0.481 e. The SMILES string of the molecule is Cc1ccc(C(=O)N2C[C@H](C(=O)O)[C@@H](C3CC3)C2)cc1C. The fourth-order valence-electron chi connectivity index (χ4n) is 3.32. The van der Waals surface area contributed by atoms with Crippen molar-refractivity contribution in [2.24, 2.45) is 17.8 Å². The van der Waals surface area contributed by atoms with Crippen LogP contribution in [0.3, 0.4) is 0 Å². The van der Waals surface area contributed by atoms with E-state index >= 15 is 0 Å². The number of carbonyl (C=O) groups is 2. The van der Waals surface area contributed by atoms with Crippen LogP contribution in [-0.2, 0) is 4.79 Å². The van der Waals surface area contributed by atoms with Gasteiger partial charge in [0.1, 0.15) is 0 Å². The molecule has 0 spiro atoms. The lowest BCUT2D eigenvalue weighted by Gasteiger charge is -2.17. The normalized spacial score (nSPS) is 25.1. The number of carbonyl (C=O) groups excluding carboxylic acids is 1. The molecule has 4 nitrogen and oxygen atoms in total. The molecule has 2 atom stereocenters. The molecule has 0 radical (unpaired) electrons. The molecule has 1 saturated heterocycles. The van der Waals surface area contributed by atoms with E-state index in [2.05, 4.69) is 0 Å². The van der Waals surface area contributed by atoms with Gasteiger partial charge in [0.15, 0.2) is 0 Å². The van der Waals surface area contributed by atoms with Crippen LogP contribution in [-0.4, -0.2) is 35.0 Å². The van der Waals surface area contributed by atoms with E-state index in [1.54, 1.807) is 4.90 Å². The van der Waals surface area contributed by atoms with Crippen molar-refractivity contribution in [3.05, 3.63) is 34.9 Å². The zero-order valence-corrected chi connectivity index (χ0v) is 12.5.